The second-order valence-corrected chi connectivity index (χ2v) is 7.42. The molecule has 2 N–H and O–H groups in total. The number of halogens is 2. The molecule has 0 fully saturated rings. The van der Waals surface area contributed by atoms with E-state index in [-0.39, 0.29) is 24.0 Å². The normalized spacial score (nSPS) is 13.8. The summed E-state index contributed by atoms with van der Waals surface area (Å²) >= 11 is 6.04. The lowest BCUT2D eigenvalue weighted by Gasteiger charge is -2.29. The molecule has 0 unspecified atom stereocenters. The number of nitrogens with zero attached hydrogens (tertiary/aromatic N) is 2. The molecule has 0 atom stereocenters. The van der Waals surface area contributed by atoms with E-state index in [2.05, 4.69) is 32.7 Å². The molecule has 0 radical (unpaired) electrons. The van der Waals surface area contributed by atoms with Crippen LogP contribution >= 0.6 is 35.6 Å². The van der Waals surface area contributed by atoms with Crippen molar-refractivity contribution in [3.8, 4) is 11.5 Å². The summed E-state index contributed by atoms with van der Waals surface area (Å²) in [6.45, 7) is 4.37. The van der Waals surface area contributed by atoms with Crippen LogP contribution in [0, 0.1) is 0 Å². The lowest BCUT2D eigenvalue weighted by Crippen LogP contribution is -2.42. The van der Waals surface area contributed by atoms with Crippen LogP contribution in [0.2, 0.25) is 5.02 Å². The summed E-state index contributed by atoms with van der Waals surface area (Å²) in [6.07, 6.45) is 1.01. The quantitative estimate of drug-likeness (QED) is 0.316. The van der Waals surface area contributed by atoms with E-state index in [9.17, 15) is 0 Å². The first kappa shape index (κ1) is 24.6. The highest BCUT2D eigenvalue weighted by Crippen LogP contribution is 2.33. The molecule has 3 rings (SSSR count). The first-order valence-electron chi connectivity index (χ1n) is 9.78. The van der Waals surface area contributed by atoms with Gasteiger partial charge in [-0.1, -0.05) is 23.7 Å². The van der Waals surface area contributed by atoms with Crippen molar-refractivity contribution in [3.63, 3.8) is 0 Å². The Balaban J connectivity index is 0.00000320. The largest absolute Gasteiger partial charge is 0.493 e. The van der Waals surface area contributed by atoms with Crippen molar-refractivity contribution in [1.82, 2.24) is 15.5 Å². The van der Waals surface area contributed by atoms with Gasteiger partial charge in [0.2, 0.25) is 0 Å². The lowest BCUT2D eigenvalue weighted by molar-refractivity contribution is 0.256. The fourth-order valence-corrected chi connectivity index (χ4v) is 3.73. The molecular formula is C22H30ClIN4O2. The van der Waals surface area contributed by atoms with E-state index in [4.69, 9.17) is 21.1 Å². The second-order valence-electron chi connectivity index (χ2n) is 6.98. The fourth-order valence-electron chi connectivity index (χ4n) is 3.52. The van der Waals surface area contributed by atoms with Gasteiger partial charge in [-0.2, -0.15) is 0 Å². The van der Waals surface area contributed by atoms with E-state index < -0.39 is 0 Å². The van der Waals surface area contributed by atoms with Gasteiger partial charge in [0.25, 0.3) is 0 Å². The summed E-state index contributed by atoms with van der Waals surface area (Å²) in [6, 6.07) is 12.0. The number of benzene rings is 2. The summed E-state index contributed by atoms with van der Waals surface area (Å²) in [4.78, 5) is 6.73. The summed E-state index contributed by atoms with van der Waals surface area (Å²) in [5.41, 5.74) is 3.76. The number of methoxy groups -OCH3 is 2. The van der Waals surface area contributed by atoms with Crippen LogP contribution in [0.25, 0.3) is 0 Å². The minimum absolute atomic E-state index is 0. The third-order valence-electron chi connectivity index (χ3n) is 5.09. The summed E-state index contributed by atoms with van der Waals surface area (Å²) in [5.74, 6) is 2.38. The van der Waals surface area contributed by atoms with Crippen LogP contribution in [0.15, 0.2) is 41.4 Å². The van der Waals surface area contributed by atoms with E-state index in [1.807, 2.05) is 24.3 Å². The van der Waals surface area contributed by atoms with Crippen LogP contribution in [0.3, 0.4) is 0 Å². The van der Waals surface area contributed by atoms with Crippen molar-refractivity contribution in [2.24, 2.45) is 4.99 Å². The van der Waals surface area contributed by atoms with Crippen LogP contribution < -0.4 is 20.1 Å². The highest BCUT2D eigenvalue weighted by Gasteiger charge is 2.19. The molecule has 0 amide bonds. The Morgan fingerprint density at radius 3 is 2.50 bits per heavy atom. The maximum atomic E-state index is 6.04. The molecule has 0 aromatic heterocycles. The van der Waals surface area contributed by atoms with Gasteiger partial charge in [-0.05, 0) is 47.4 Å². The minimum Gasteiger partial charge on any atom is -0.493 e. The van der Waals surface area contributed by atoms with Gasteiger partial charge in [0.1, 0.15) is 0 Å². The summed E-state index contributed by atoms with van der Waals surface area (Å²) < 4.78 is 10.9. The number of aliphatic imine (C=N–C) groups is 1. The zero-order valence-electron chi connectivity index (χ0n) is 17.7. The molecular weight excluding hydrogens is 515 g/mol. The topological polar surface area (TPSA) is 58.1 Å². The number of rotatable bonds is 7. The molecule has 2 aromatic carbocycles. The fraction of sp³-hybridized carbons (Fsp3) is 0.409. The number of fused-ring (bicyclic) bond motifs is 1. The molecule has 1 heterocycles. The van der Waals surface area contributed by atoms with Crippen molar-refractivity contribution in [1.29, 1.82) is 0 Å². The number of nitrogens with one attached hydrogen (secondary N) is 2. The van der Waals surface area contributed by atoms with Crippen molar-refractivity contribution < 1.29 is 9.47 Å². The summed E-state index contributed by atoms with van der Waals surface area (Å²) in [5, 5.41) is 7.45. The predicted molar refractivity (Wildman–Crippen MR) is 134 cm³/mol. The van der Waals surface area contributed by atoms with Gasteiger partial charge >= 0.3 is 0 Å². The highest BCUT2D eigenvalue weighted by molar-refractivity contribution is 14.0. The van der Waals surface area contributed by atoms with Crippen LogP contribution in [0.5, 0.6) is 11.5 Å². The van der Waals surface area contributed by atoms with Gasteiger partial charge in [0.05, 0.1) is 14.2 Å². The van der Waals surface area contributed by atoms with E-state index >= 15 is 0 Å². The monoisotopic (exact) mass is 544 g/mol. The molecule has 0 bridgehead atoms. The van der Waals surface area contributed by atoms with Crippen LogP contribution in [-0.4, -0.2) is 51.8 Å². The van der Waals surface area contributed by atoms with E-state index in [0.29, 0.717) is 6.54 Å². The number of hydrogen-bond acceptors (Lipinski definition) is 4. The lowest BCUT2D eigenvalue weighted by atomic mass is 9.99. The second kappa shape index (κ2) is 12.2. The zero-order chi connectivity index (χ0) is 20.6. The maximum absolute atomic E-state index is 6.04. The van der Waals surface area contributed by atoms with Gasteiger partial charge < -0.3 is 20.1 Å². The molecule has 0 saturated carbocycles. The Bertz CT molecular complexity index is 863. The minimum atomic E-state index is 0. The average Bonchev–Trinajstić information content (AvgIpc) is 2.75. The maximum Gasteiger partial charge on any atom is 0.191 e. The molecule has 8 heteroatoms. The molecule has 0 saturated heterocycles. The Morgan fingerprint density at radius 1 is 1.10 bits per heavy atom. The van der Waals surface area contributed by atoms with Gasteiger partial charge in [-0.3, -0.25) is 9.89 Å². The Kier molecular flexibility index (Phi) is 10.0. The van der Waals surface area contributed by atoms with E-state index in [1.165, 1.54) is 11.1 Å². The Hall–Kier alpha value is -1.71. The van der Waals surface area contributed by atoms with Gasteiger partial charge in [-0.15, -0.1) is 24.0 Å². The molecule has 1 aliphatic rings. The standard InChI is InChI=1S/C22H29ClN4O2.HI/c1-24-22(26-14-16-5-4-6-19(23)11-16)25-8-10-27-9-7-17-12-20(28-2)21(29-3)13-18(17)15-27;/h4-6,11-13H,7-10,14-15H2,1-3H3,(H2,24,25,26);1H. The van der Waals surface area contributed by atoms with Crippen molar-refractivity contribution >= 4 is 41.5 Å². The molecule has 30 heavy (non-hydrogen) atoms. The Morgan fingerprint density at radius 2 is 1.83 bits per heavy atom. The molecule has 0 spiro atoms. The number of ether oxygens (including phenoxy) is 2. The smallest absolute Gasteiger partial charge is 0.191 e. The molecule has 164 valence electrons. The molecule has 0 aliphatic carbocycles. The number of hydrogen-bond donors (Lipinski definition) is 2. The van der Waals surface area contributed by atoms with Crippen molar-refractivity contribution in [2.45, 2.75) is 19.5 Å². The molecule has 1 aliphatic heterocycles. The van der Waals surface area contributed by atoms with Crippen LogP contribution in [-0.2, 0) is 19.5 Å². The van der Waals surface area contributed by atoms with Crippen molar-refractivity contribution in [2.75, 3.05) is 40.9 Å². The van der Waals surface area contributed by atoms with Gasteiger partial charge in [0, 0.05) is 44.8 Å². The SMILES string of the molecule is CN=C(NCCN1CCc2cc(OC)c(OC)cc2C1)NCc1cccc(Cl)c1.I. The van der Waals surface area contributed by atoms with Crippen molar-refractivity contribution in [3.05, 3.63) is 58.1 Å². The number of guanidine groups is 1. The first-order chi connectivity index (χ1) is 14.1. The third-order valence-corrected chi connectivity index (χ3v) is 5.33. The van der Waals surface area contributed by atoms with Gasteiger partial charge in [-0.25, -0.2) is 0 Å². The first-order valence-corrected chi connectivity index (χ1v) is 10.2. The third kappa shape index (κ3) is 6.65. The summed E-state index contributed by atoms with van der Waals surface area (Å²) in [7, 11) is 5.14. The Labute approximate surface area is 201 Å². The van der Waals surface area contributed by atoms with E-state index in [1.54, 1.807) is 21.3 Å². The van der Waals surface area contributed by atoms with Crippen LogP contribution in [0.1, 0.15) is 16.7 Å². The average molecular weight is 545 g/mol. The molecule has 6 nitrogen and oxygen atoms in total. The molecule has 2 aromatic rings. The zero-order valence-corrected chi connectivity index (χ0v) is 20.8. The van der Waals surface area contributed by atoms with E-state index in [0.717, 1.165) is 60.6 Å². The predicted octanol–water partition coefficient (Wildman–Crippen LogP) is 3.70. The van der Waals surface area contributed by atoms with Gasteiger partial charge in [0.15, 0.2) is 17.5 Å². The van der Waals surface area contributed by atoms with Crippen LogP contribution in [0.4, 0.5) is 0 Å². The highest BCUT2D eigenvalue weighted by atomic mass is 127.